The molecule has 152 valence electrons. The van der Waals surface area contributed by atoms with Crippen molar-refractivity contribution in [2.45, 2.75) is 109 Å². The summed E-state index contributed by atoms with van der Waals surface area (Å²) < 4.78 is 0. The van der Waals surface area contributed by atoms with Crippen molar-refractivity contribution in [3.8, 4) is 0 Å². The number of aliphatic hydroxyl groups is 1. The number of hydrogen-bond acceptors (Lipinski definition) is 3. The van der Waals surface area contributed by atoms with E-state index >= 15 is 0 Å². The summed E-state index contributed by atoms with van der Waals surface area (Å²) in [6, 6.07) is 0. The molecule has 0 aromatic rings. The molecule has 0 amide bonds. The number of rotatable bonds is 18. The maximum Gasteiger partial charge on any atom is 0.102 e. The fourth-order valence-electron chi connectivity index (χ4n) is 3.70. The van der Waals surface area contributed by atoms with Gasteiger partial charge in [0, 0.05) is 19.3 Å². The molecule has 0 saturated heterocycles. The molecule has 0 fully saturated rings. The summed E-state index contributed by atoms with van der Waals surface area (Å²) >= 11 is 0. The Kier molecular flexibility index (Phi) is 15.9. The predicted molar refractivity (Wildman–Crippen MR) is 115 cm³/mol. The van der Waals surface area contributed by atoms with Crippen molar-refractivity contribution in [3.63, 3.8) is 0 Å². The van der Waals surface area contributed by atoms with Gasteiger partial charge in [-0.1, -0.05) is 89.7 Å². The van der Waals surface area contributed by atoms with E-state index in [9.17, 15) is 0 Å². The van der Waals surface area contributed by atoms with Crippen LogP contribution in [0.3, 0.4) is 0 Å². The molecule has 0 bridgehead atoms. The molecule has 1 heterocycles. The number of β-amino-alcohol motifs (C(OH)–C–C–N with tert-alkyl or cyclic N) is 1. The highest BCUT2D eigenvalue weighted by atomic mass is 16.3. The Labute approximate surface area is 163 Å². The van der Waals surface area contributed by atoms with Gasteiger partial charge in [-0.2, -0.15) is 0 Å². The van der Waals surface area contributed by atoms with Crippen molar-refractivity contribution < 1.29 is 5.11 Å². The van der Waals surface area contributed by atoms with Gasteiger partial charge in [-0.05, 0) is 25.7 Å². The standard InChI is InChI=1S/C23H44N2O/c1-2-3-4-5-6-7-8-9-10-11-12-13-14-15-16-17-18-23-24-19-20-25(23)21-22-26/h15-16,19,23,26H,2-14,17-18,20-22H2,1H3/b16-15+. The van der Waals surface area contributed by atoms with Crippen molar-refractivity contribution in [1.82, 2.24) is 4.90 Å². The molecule has 1 rings (SSSR count). The van der Waals surface area contributed by atoms with Crippen LogP contribution >= 0.6 is 0 Å². The van der Waals surface area contributed by atoms with E-state index in [4.69, 9.17) is 5.11 Å². The first kappa shape index (κ1) is 23.4. The van der Waals surface area contributed by atoms with Crippen molar-refractivity contribution in [1.29, 1.82) is 0 Å². The Morgan fingerprint density at radius 2 is 1.46 bits per heavy atom. The third-order valence-corrected chi connectivity index (χ3v) is 5.38. The zero-order valence-corrected chi connectivity index (χ0v) is 17.4. The molecule has 1 aliphatic heterocycles. The predicted octanol–water partition coefficient (Wildman–Crippen LogP) is 6.12. The largest absolute Gasteiger partial charge is 0.395 e. The highest BCUT2D eigenvalue weighted by molar-refractivity contribution is 5.62. The molecule has 0 aromatic carbocycles. The number of nitrogens with zero attached hydrogens (tertiary/aromatic N) is 2. The summed E-state index contributed by atoms with van der Waals surface area (Å²) in [4.78, 5) is 6.75. The number of unbranched alkanes of at least 4 members (excludes halogenated alkanes) is 12. The van der Waals surface area contributed by atoms with Crippen LogP contribution in [-0.4, -0.2) is 42.1 Å². The summed E-state index contributed by atoms with van der Waals surface area (Å²) in [5, 5.41) is 9.05. The zero-order valence-electron chi connectivity index (χ0n) is 17.4. The fraction of sp³-hybridized carbons (Fsp3) is 0.870. The van der Waals surface area contributed by atoms with Gasteiger partial charge < -0.3 is 5.11 Å². The smallest absolute Gasteiger partial charge is 0.102 e. The normalized spacial score (nSPS) is 17.7. The highest BCUT2D eigenvalue weighted by Gasteiger charge is 2.18. The Balaban J connectivity index is 1.80. The average molecular weight is 365 g/mol. The molecular weight excluding hydrogens is 320 g/mol. The molecule has 0 saturated carbocycles. The van der Waals surface area contributed by atoms with Crippen LogP contribution in [0.2, 0.25) is 0 Å². The lowest BCUT2D eigenvalue weighted by Gasteiger charge is -2.21. The van der Waals surface area contributed by atoms with E-state index in [1.54, 1.807) is 0 Å². The second-order valence-electron chi connectivity index (χ2n) is 7.76. The molecule has 0 aliphatic carbocycles. The summed E-state index contributed by atoms with van der Waals surface area (Å²) in [5.41, 5.74) is 0. The van der Waals surface area contributed by atoms with Gasteiger partial charge in [-0.3, -0.25) is 9.89 Å². The van der Waals surface area contributed by atoms with Crippen molar-refractivity contribution in [2.24, 2.45) is 4.99 Å². The lowest BCUT2D eigenvalue weighted by molar-refractivity contribution is 0.179. The topological polar surface area (TPSA) is 35.8 Å². The zero-order chi connectivity index (χ0) is 18.7. The molecule has 1 atom stereocenters. The maximum atomic E-state index is 9.05. The van der Waals surface area contributed by atoms with E-state index in [-0.39, 0.29) is 6.61 Å². The lowest BCUT2D eigenvalue weighted by Crippen LogP contribution is -2.32. The SMILES string of the molecule is CCCCCCCCCCCCCC/C=C/CCC1N=CCN1CCO. The minimum atomic E-state index is 0.231. The Hall–Kier alpha value is -0.670. The van der Waals surface area contributed by atoms with Crippen LogP contribution in [0.4, 0.5) is 0 Å². The van der Waals surface area contributed by atoms with Gasteiger partial charge in [0.05, 0.1) is 6.61 Å². The molecule has 26 heavy (non-hydrogen) atoms. The van der Waals surface area contributed by atoms with E-state index in [1.165, 1.54) is 83.5 Å². The van der Waals surface area contributed by atoms with Crippen molar-refractivity contribution in [3.05, 3.63) is 12.2 Å². The molecule has 1 aliphatic rings. The van der Waals surface area contributed by atoms with Crippen LogP contribution in [0.15, 0.2) is 17.1 Å². The third-order valence-electron chi connectivity index (χ3n) is 5.38. The van der Waals surface area contributed by atoms with Gasteiger partial charge in [0.15, 0.2) is 0 Å². The molecule has 3 heteroatoms. The van der Waals surface area contributed by atoms with Crippen LogP contribution in [0, 0.1) is 0 Å². The first-order valence-corrected chi connectivity index (χ1v) is 11.4. The molecule has 1 N–H and O–H groups in total. The monoisotopic (exact) mass is 364 g/mol. The minimum Gasteiger partial charge on any atom is -0.395 e. The summed E-state index contributed by atoms with van der Waals surface area (Å²) in [6.07, 6.45) is 27.4. The first-order valence-electron chi connectivity index (χ1n) is 11.4. The van der Waals surface area contributed by atoms with Crippen molar-refractivity contribution >= 4 is 6.21 Å². The maximum absolute atomic E-state index is 9.05. The van der Waals surface area contributed by atoms with Gasteiger partial charge >= 0.3 is 0 Å². The molecule has 0 spiro atoms. The van der Waals surface area contributed by atoms with E-state index in [1.807, 2.05) is 6.21 Å². The van der Waals surface area contributed by atoms with Gasteiger partial charge in [-0.15, -0.1) is 0 Å². The molecule has 3 nitrogen and oxygen atoms in total. The second kappa shape index (κ2) is 17.7. The number of aliphatic imine (C=N–C) groups is 1. The minimum absolute atomic E-state index is 0.231. The summed E-state index contributed by atoms with van der Waals surface area (Å²) in [7, 11) is 0. The molecular formula is C23H44N2O. The number of aliphatic hydroxyl groups excluding tert-OH is 1. The Morgan fingerprint density at radius 1 is 0.885 bits per heavy atom. The van der Waals surface area contributed by atoms with E-state index in [0.717, 1.165) is 25.9 Å². The molecule has 1 unspecified atom stereocenters. The van der Waals surface area contributed by atoms with Gasteiger partial charge in [0.2, 0.25) is 0 Å². The van der Waals surface area contributed by atoms with Crippen molar-refractivity contribution in [2.75, 3.05) is 19.7 Å². The summed E-state index contributed by atoms with van der Waals surface area (Å²) in [5.74, 6) is 0. The van der Waals surface area contributed by atoms with Crippen LogP contribution < -0.4 is 0 Å². The van der Waals surface area contributed by atoms with Crippen LogP contribution in [-0.2, 0) is 0 Å². The lowest BCUT2D eigenvalue weighted by atomic mass is 10.0. The van der Waals surface area contributed by atoms with E-state index in [2.05, 4.69) is 29.0 Å². The summed E-state index contributed by atoms with van der Waals surface area (Å²) in [6.45, 7) is 4.16. The highest BCUT2D eigenvalue weighted by Crippen LogP contribution is 2.14. The van der Waals surface area contributed by atoms with E-state index < -0.39 is 0 Å². The first-order chi connectivity index (χ1) is 12.9. The second-order valence-corrected chi connectivity index (χ2v) is 7.76. The van der Waals surface area contributed by atoms with Gasteiger partial charge in [0.25, 0.3) is 0 Å². The Bertz CT molecular complexity index is 354. The Morgan fingerprint density at radius 3 is 2.08 bits per heavy atom. The van der Waals surface area contributed by atoms with Crippen LogP contribution in [0.25, 0.3) is 0 Å². The molecule has 0 aromatic heterocycles. The van der Waals surface area contributed by atoms with E-state index in [0.29, 0.717) is 6.17 Å². The fourth-order valence-corrected chi connectivity index (χ4v) is 3.70. The average Bonchev–Trinajstić information content (AvgIpc) is 3.09. The van der Waals surface area contributed by atoms with Crippen LogP contribution in [0.1, 0.15) is 103 Å². The third kappa shape index (κ3) is 12.6. The van der Waals surface area contributed by atoms with Gasteiger partial charge in [-0.25, -0.2) is 0 Å². The quantitative estimate of drug-likeness (QED) is 0.235. The molecule has 0 radical (unpaired) electrons. The van der Waals surface area contributed by atoms with Crippen LogP contribution in [0.5, 0.6) is 0 Å². The number of hydrogen-bond donors (Lipinski definition) is 1. The van der Waals surface area contributed by atoms with Gasteiger partial charge in [0.1, 0.15) is 6.17 Å². The number of allylic oxidation sites excluding steroid dienone is 2.